The molecule has 2 aromatic rings. The number of benzene rings is 2. The van der Waals surface area contributed by atoms with Crippen LogP contribution in [0.3, 0.4) is 0 Å². The first-order chi connectivity index (χ1) is 15.5. The van der Waals surface area contributed by atoms with Gasteiger partial charge in [-0.3, -0.25) is 0 Å². The van der Waals surface area contributed by atoms with Gasteiger partial charge < -0.3 is 60.2 Å². The highest BCUT2D eigenvalue weighted by molar-refractivity contribution is 5.55. The second-order valence-electron chi connectivity index (χ2n) is 8.05. The summed E-state index contributed by atoms with van der Waals surface area (Å²) < 4.78 is 17.0. The summed E-state index contributed by atoms with van der Waals surface area (Å²) in [6.45, 7) is 1.43. The fourth-order valence-corrected chi connectivity index (χ4v) is 4.00. The van der Waals surface area contributed by atoms with Crippen LogP contribution in [0.15, 0.2) is 24.3 Å². The third kappa shape index (κ3) is 3.97. The molecule has 8 atom stereocenters. The first kappa shape index (κ1) is 23.2. The minimum atomic E-state index is -1.72. The molecule has 1 fully saturated rings. The molecule has 8 unspecified atom stereocenters. The van der Waals surface area contributed by atoms with Gasteiger partial charge in [-0.25, -0.2) is 0 Å². The molecule has 1 saturated heterocycles. The topological polar surface area (TPSA) is 210 Å². The van der Waals surface area contributed by atoms with E-state index in [0.29, 0.717) is 0 Å². The van der Waals surface area contributed by atoms with Crippen molar-refractivity contribution < 1.29 is 60.2 Å². The normalized spacial score (nSPS) is 33.8. The minimum Gasteiger partial charge on any atom is -0.508 e. The van der Waals surface area contributed by atoms with Crippen molar-refractivity contribution in [1.82, 2.24) is 0 Å². The number of aliphatic hydroxyl groups excluding tert-OH is 4. The van der Waals surface area contributed by atoms with E-state index in [9.17, 15) is 46.0 Å². The van der Waals surface area contributed by atoms with Crippen molar-refractivity contribution in [2.75, 3.05) is 0 Å². The Morgan fingerprint density at radius 3 is 2.06 bits per heavy atom. The minimum absolute atomic E-state index is 0.0132. The Hall–Kier alpha value is -3.00. The molecule has 4 rings (SSSR count). The van der Waals surface area contributed by atoms with E-state index in [1.54, 1.807) is 0 Å². The molecular weight excluding hydrogens is 444 g/mol. The summed E-state index contributed by atoms with van der Waals surface area (Å²) in [6, 6.07) is 4.16. The molecule has 2 aromatic carbocycles. The van der Waals surface area contributed by atoms with Crippen LogP contribution in [0, 0.1) is 0 Å². The third-order valence-electron chi connectivity index (χ3n) is 5.78. The number of hydrogen-bond donors (Lipinski definition) is 9. The van der Waals surface area contributed by atoms with E-state index >= 15 is 0 Å². The van der Waals surface area contributed by atoms with Crippen LogP contribution in [0.1, 0.15) is 30.3 Å². The molecule has 0 spiro atoms. The SMILES string of the molecule is CC1OC(OC2C(O)c3c(O)cc(O)cc3OC2c2cc(O)c(O)c(O)c2)C(O)C(O)C1O. The number of aliphatic hydroxyl groups is 4. The lowest BCUT2D eigenvalue weighted by Gasteiger charge is -2.43. The van der Waals surface area contributed by atoms with Crippen molar-refractivity contribution in [1.29, 1.82) is 0 Å². The van der Waals surface area contributed by atoms with Gasteiger partial charge in [-0.05, 0) is 19.1 Å². The standard InChI is InChI=1S/C21H24O12/c1-6-14(26)17(29)18(30)21(31-6)33-20-16(28)13-9(23)4-8(22)5-12(13)32-19(20)7-2-10(24)15(27)11(25)3-7/h2-6,14,16-30H,1H3. The molecule has 0 radical (unpaired) electrons. The Kier molecular flexibility index (Phi) is 5.90. The summed E-state index contributed by atoms with van der Waals surface area (Å²) >= 11 is 0. The van der Waals surface area contributed by atoms with Gasteiger partial charge in [0.25, 0.3) is 0 Å². The number of phenols is 5. The Labute approximate surface area is 186 Å². The second-order valence-corrected chi connectivity index (χ2v) is 8.05. The van der Waals surface area contributed by atoms with Gasteiger partial charge in [-0.1, -0.05) is 0 Å². The summed E-state index contributed by atoms with van der Waals surface area (Å²) in [5, 5.41) is 91.0. The van der Waals surface area contributed by atoms with Gasteiger partial charge in [0.15, 0.2) is 29.6 Å². The number of phenolic OH excluding ortho intramolecular Hbond substituents is 5. The van der Waals surface area contributed by atoms with E-state index in [0.717, 1.165) is 24.3 Å². The highest BCUT2D eigenvalue weighted by Crippen LogP contribution is 2.50. The molecular formula is C21H24O12. The molecule has 2 aliphatic rings. The lowest BCUT2D eigenvalue weighted by molar-refractivity contribution is -0.319. The number of ether oxygens (including phenoxy) is 3. The Bertz CT molecular complexity index is 1020. The molecule has 0 saturated carbocycles. The van der Waals surface area contributed by atoms with Gasteiger partial charge in [0.1, 0.15) is 47.8 Å². The number of aromatic hydroxyl groups is 5. The predicted octanol–water partition coefficient (Wildman–Crippen LogP) is -0.406. The van der Waals surface area contributed by atoms with Crippen molar-refractivity contribution in [2.24, 2.45) is 0 Å². The first-order valence-corrected chi connectivity index (χ1v) is 10.00. The van der Waals surface area contributed by atoms with Crippen LogP contribution in [0.25, 0.3) is 0 Å². The molecule has 12 nitrogen and oxygen atoms in total. The van der Waals surface area contributed by atoms with Gasteiger partial charge >= 0.3 is 0 Å². The number of rotatable bonds is 3. The maximum atomic E-state index is 11.0. The average molecular weight is 468 g/mol. The van der Waals surface area contributed by atoms with Crippen molar-refractivity contribution in [3.63, 3.8) is 0 Å². The van der Waals surface area contributed by atoms with Gasteiger partial charge in [-0.15, -0.1) is 0 Å². The summed E-state index contributed by atoms with van der Waals surface area (Å²) in [7, 11) is 0. The van der Waals surface area contributed by atoms with E-state index in [4.69, 9.17) is 14.2 Å². The molecule has 2 heterocycles. The largest absolute Gasteiger partial charge is 0.508 e. The van der Waals surface area contributed by atoms with Gasteiger partial charge in [-0.2, -0.15) is 0 Å². The molecule has 0 amide bonds. The lowest BCUT2D eigenvalue weighted by atomic mass is 9.90. The highest BCUT2D eigenvalue weighted by Gasteiger charge is 2.48. The third-order valence-corrected chi connectivity index (χ3v) is 5.78. The summed E-state index contributed by atoms with van der Waals surface area (Å²) in [5.41, 5.74) is -0.139. The first-order valence-electron chi connectivity index (χ1n) is 10.00. The maximum Gasteiger partial charge on any atom is 0.200 e. The van der Waals surface area contributed by atoms with Crippen LogP contribution in [0.4, 0.5) is 0 Å². The quantitative estimate of drug-likeness (QED) is 0.263. The zero-order valence-electron chi connectivity index (χ0n) is 17.2. The van der Waals surface area contributed by atoms with Crippen molar-refractivity contribution in [2.45, 2.75) is 55.9 Å². The van der Waals surface area contributed by atoms with Crippen molar-refractivity contribution in [3.05, 3.63) is 35.4 Å². The zero-order valence-corrected chi connectivity index (χ0v) is 17.2. The van der Waals surface area contributed by atoms with Crippen molar-refractivity contribution in [3.8, 4) is 34.5 Å². The van der Waals surface area contributed by atoms with Crippen LogP contribution in [-0.2, 0) is 9.47 Å². The summed E-state index contributed by atoms with van der Waals surface area (Å²) in [5.74, 6) is -3.22. The Balaban J connectivity index is 1.77. The molecule has 0 bridgehead atoms. The number of hydrogen-bond acceptors (Lipinski definition) is 12. The molecule has 0 aliphatic carbocycles. The van der Waals surface area contributed by atoms with Crippen molar-refractivity contribution >= 4 is 0 Å². The van der Waals surface area contributed by atoms with E-state index in [1.807, 2.05) is 0 Å². The van der Waals surface area contributed by atoms with Crippen LogP contribution < -0.4 is 4.74 Å². The molecule has 0 aromatic heterocycles. The average Bonchev–Trinajstić information content (AvgIpc) is 2.74. The Morgan fingerprint density at radius 2 is 1.42 bits per heavy atom. The highest BCUT2D eigenvalue weighted by atomic mass is 16.7. The molecule has 180 valence electrons. The lowest BCUT2D eigenvalue weighted by Crippen LogP contribution is -2.58. The Morgan fingerprint density at radius 1 is 0.788 bits per heavy atom. The summed E-state index contributed by atoms with van der Waals surface area (Å²) in [6.07, 6.45) is -11.7. The molecule has 9 N–H and O–H groups in total. The predicted molar refractivity (Wildman–Crippen MR) is 107 cm³/mol. The fraction of sp³-hybridized carbons (Fsp3) is 0.429. The van der Waals surface area contributed by atoms with E-state index in [-0.39, 0.29) is 22.6 Å². The molecule has 12 heteroatoms. The maximum absolute atomic E-state index is 11.0. The van der Waals surface area contributed by atoms with Gasteiger partial charge in [0, 0.05) is 17.7 Å². The molecule has 2 aliphatic heterocycles. The van der Waals surface area contributed by atoms with E-state index in [1.165, 1.54) is 6.92 Å². The summed E-state index contributed by atoms with van der Waals surface area (Å²) in [4.78, 5) is 0. The van der Waals surface area contributed by atoms with E-state index in [2.05, 4.69) is 0 Å². The van der Waals surface area contributed by atoms with E-state index < -0.39 is 72.0 Å². The fourth-order valence-electron chi connectivity index (χ4n) is 4.00. The van der Waals surface area contributed by atoms with Crippen LogP contribution >= 0.6 is 0 Å². The van der Waals surface area contributed by atoms with Crippen LogP contribution in [-0.4, -0.2) is 82.8 Å². The molecule has 33 heavy (non-hydrogen) atoms. The zero-order chi connectivity index (χ0) is 24.2. The van der Waals surface area contributed by atoms with Gasteiger partial charge in [0.2, 0.25) is 0 Å². The monoisotopic (exact) mass is 468 g/mol. The van der Waals surface area contributed by atoms with Gasteiger partial charge in [0.05, 0.1) is 11.7 Å². The second kappa shape index (κ2) is 8.41. The smallest absolute Gasteiger partial charge is 0.200 e. The van der Waals surface area contributed by atoms with Crippen LogP contribution in [0.5, 0.6) is 34.5 Å². The van der Waals surface area contributed by atoms with Crippen LogP contribution in [0.2, 0.25) is 0 Å². The number of fused-ring (bicyclic) bond motifs is 1.